The van der Waals surface area contributed by atoms with E-state index in [0.29, 0.717) is 5.56 Å². The monoisotopic (exact) mass is 353 g/mol. The van der Waals surface area contributed by atoms with Crippen LogP contribution in [0.5, 0.6) is 0 Å². The molecule has 0 aliphatic heterocycles. The van der Waals surface area contributed by atoms with Crippen molar-refractivity contribution in [1.29, 1.82) is 0 Å². The predicted molar refractivity (Wildman–Crippen MR) is 103 cm³/mol. The number of hydrogen-bond donors (Lipinski definition) is 3. The van der Waals surface area contributed by atoms with E-state index in [1.54, 1.807) is 24.3 Å². The molecule has 0 unspecified atom stereocenters. The molecule has 0 heterocycles. The zero-order chi connectivity index (χ0) is 17.8. The van der Waals surface area contributed by atoms with E-state index in [2.05, 4.69) is 16.0 Å². The van der Waals surface area contributed by atoms with Gasteiger partial charge in [-0.3, -0.25) is 14.9 Å². The molecule has 0 radical (unpaired) electrons. The zero-order valence-corrected chi connectivity index (χ0v) is 14.7. The van der Waals surface area contributed by atoms with Gasteiger partial charge in [0.05, 0.1) is 0 Å². The topological polar surface area (TPSA) is 70.2 Å². The molecule has 1 fully saturated rings. The Kier molecular flexibility index (Phi) is 5.09. The van der Waals surface area contributed by atoms with Gasteiger partial charge in [-0.2, -0.15) is 0 Å². The Labute approximate surface area is 151 Å². The van der Waals surface area contributed by atoms with Crippen molar-refractivity contribution >= 4 is 40.5 Å². The van der Waals surface area contributed by atoms with Crippen molar-refractivity contribution in [1.82, 2.24) is 5.32 Å². The lowest BCUT2D eigenvalue weighted by Gasteiger charge is -2.15. The summed E-state index contributed by atoms with van der Waals surface area (Å²) >= 11 is 5.22. The van der Waals surface area contributed by atoms with Crippen LogP contribution in [0.1, 0.15) is 28.8 Å². The molecule has 2 aromatic carbocycles. The van der Waals surface area contributed by atoms with Crippen LogP contribution in [-0.2, 0) is 4.79 Å². The summed E-state index contributed by atoms with van der Waals surface area (Å²) < 4.78 is 0. The molecule has 6 heteroatoms. The molecule has 0 atom stereocenters. The van der Waals surface area contributed by atoms with Gasteiger partial charge in [-0.15, -0.1) is 0 Å². The number of amides is 2. The molecule has 2 aromatic rings. The van der Waals surface area contributed by atoms with E-state index in [-0.39, 0.29) is 22.8 Å². The molecule has 1 aliphatic carbocycles. The fourth-order valence-electron chi connectivity index (χ4n) is 2.41. The standard InChI is InChI=1S/C19H19N3O2S/c1-12-15(20-17(23)14-10-11-14)8-5-9-16(12)21-19(25)22-18(24)13-6-3-2-4-7-13/h2-9,14H,10-11H2,1H3,(H,20,23)(H2,21,22,24,25). The number of nitrogens with one attached hydrogen (secondary N) is 3. The third-order valence-electron chi connectivity index (χ3n) is 4.05. The van der Waals surface area contributed by atoms with Crippen molar-refractivity contribution in [3.63, 3.8) is 0 Å². The van der Waals surface area contributed by atoms with Crippen LogP contribution < -0.4 is 16.0 Å². The Bertz CT molecular complexity index is 817. The van der Waals surface area contributed by atoms with Gasteiger partial charge in [0.1, 0.15) is 0 Å². The molecule has 1 aliphatic rings. The number of carbonyl (C=O) groups excluding carboxylic acids is 2. The Morgan fingerprint density at radius 2 is 1.60 bits per heavy atom. The highest BCUT2D eigenvalue weighted by molar-refractivity contribution is 7.80. The molecule has 5 nitrogen and oxygen atoms in total. The van der Waals surface area contributed by atoms with Crippen LogP contribution in [-0.4, -0.2) is 16.9 Å². The molecule has 128 valence electrons. The molecule has 2 amide bonds. The number of carbonyl (C=O) groups is 2. The van der Waals surface area contributed by atoms with Crippen LogP contribution in [0.15, 0.2) is 48.5 Å². The Morgan fingerprint density at radius 1 is 0.960 bits per heavy atom. The highest BCUT2D eigenvalue weighted by Gasteiger charge is 2.29. The zero-order valence-electron chi connectivity index (χ0n) is 13.8. The average molecular weight is 353 g/mol. The maximum atomic E-state index is 12.1. The van der Waals surface area contributed by atoms with Crippen LogP contribution in [0.2, 0.25) is 0 Å². The maximum absolute atomic E-state index is 12.1. The minimum absolute atomic E-state index is 0.0557. The van der Waals surface area contributed by atoms with Gasteiger partial charge in [0.2, 0.25) is 5.91 Å². The van der Waals surface area contributed by atoms with Gasteiger partial charge in [-0.1, -0.05) is 24.3 Å². The van der Waals surface area contributed by atoms with Gasteiger partial charge in [0.15, 0.2) is 5.11 Å². The van der Waals surface area contributed by atoms with E-state index in [0.717, 1.165) is 29.8 Å². The van der Waals surface area contributed by atoms with Crippen LogP contribution in [0.4, 0.5) is 11.4 Å². The SMILES string of the molecule is Cc1c(NC(=O)C2CC2)cccc1NC(=S)NC(=O)c1ccccc1. The van der Waals surface area contributed by atoms with E-state index >= 15 is 0 Å². The molecule has 0 aromatic heterocycles. The minimum Gasteiger partial charge on any atom is -0.332 e. The molecular weight excluding hydrogens is 334 g/mol. The Hall–Kier alpha value is -2.73. The van der Waals surface area contributed by atoms with E-state index in [9.17, 15) is 9.59 Å². The third kappa shape index (κ3) is 4.42. The summed E-state index contributed by atoms with van der Waals surface area (Å²) in [5.41, 5.74) is 2.90. The first-order valence-electron chi connectivity index (χ1n) is 8.12. The second-order valence-electron chi connectivity index (χ2n) is 6.02. The summed E-state index contributed by atoms with van der Waals surface area (Å²) in [5.74, 6) is -0.0728. The van der Waals surface area contributed by atoms with Crippen molar-refractivity contribution in [2.45, 2.75) is 19.8 Å². The number of hydrogen-bond acceptors (Lipinski definition) is 3. The molecule has 3 N–H and O–H groups in total. The van der Waals surface area contributed by atoms with Gasteiger partial charge >= 0.3 is 0 Å². The summed E-state index contributed by atoms with van der Waals surface area (Å²) in [7, 11) is 0. The fourth-order valence-corrected chi connectivity index (χ4v) is 2.61. The van der Waals surface area contributed by atoms with Gasteiger partial charge in [-0.05, 0) is 61.8 Å². The predicted octanol–water partition coefficient (Wildman–Crippen LogP) is 3.47. The second-order valence-corrected chi connectivity index (χ2v) is 6.42. The Morgan fingerprint density at radius 3 is 2.24 bits per heavy atom. The first-order chi connectivity index (χ1) is 12.0. The number of thiocarbonyl (C=S) groups is 1. The van der Waals surface area contributed by atoms with Crippen LogP contribution >= 0.6 is 12.2 Å². The van der Waals surface area contributed by atoms with Gasteiger partial charge in [0.25, 0.3) is 5.91 Å². The maximum Gasteiger partial charge on any atom is 0.257 e. The largest absolute Gasteiger partial charge is 0.332 e. The van der Waals surface area contributed by atoms with Crippen molar-refractivity contribution in [3.8, 4) is 0 Å². The lowest BCUT2D eigenvalue weighted by atomic mass is 10.1. The minimum atomic E-state index is -0.269. The van der Waals surface area contributed by atoms with Crippen molar-refractivity contribution in [2.75, 3.05) is 10.6 Å². The van der Waals surface area contributed by atoms with Gasteiger partial charge in [0, 0.05) is 22.9 Å². The van der Waals surface area contributed by atoms with E-state index in [1.165, 1.54) is 0 Å². The van der Waals surface area contributed by atoms with Gasteiger partial charge in [-0.25, -0.2) is 0 Å². The van der Waals surface area contributed by atoms with E-state index in [1.807, 2.05) is 31.2 Å². The van der Waals surface area contributed by atoms with Crippen molar-refractivity contribution in [3.05, 3.63) is 59.7 Å². The molecule has 0 saturated heterocycles. The van der Waals surface area contributed by atoms with Crippen LogP contribution in [0, 0.1) is 12.8 Å². The summed E-state index contributed by atoms with van der Waals surface area (Å²) in [5, 5.41) is 8.83. The van der Waals surface area contributed by atoms with E-state index in [4.69, 9.17) is 12.2 Å². The van der Waals surface area contributed by atoms with Gasteiger partial charge < -0.3 is 10.6 Å². The number of benzene rings is 2. The normalized spacial score (nSPS) is 13.0. The van der Waals surface area contributed by atoms with Crippen LogP contribution in [0.3, 0.4) is 0 Å². The lowest BCUT2D eigenvalue weighted by Crippen LogP contribution is -2.34. The highest BCUT2D eigenvalue weighted by Crippen LogP contribution is 2.31. The van der Waals surface area contributed by atoms with Crippen molar-refractivity contribution in [2.24, 2.45) is 5.92 Å². The summed E-state index contributed by atoms with van der Waals surface area (Å²) in [4.78, 5) is 24.1. The Balaban J connectivity index is 1.64. The lowest BCUT2D eigenvalue weighted by molar-refractivity contribution is -0.117. The smallest absolute Gasteiger partial charge is 0.257 e. The number of anilines is 2. The molecular formula is C19H19N3O2S. The summed E-state index contributed by atoms with van der Waals surface area (Å²) in [6.45, 7) is 1.90. The molecule has 1 saturated carbocycles. The highest BCUT2D eigenvalue weighted by atomic mass is 32.1. The quantitative estimate of drug-likeness (QED) is 0.736. The van der Waals surface area contributed by atoms with Crippen LogP contribution in [0.25, 0.3) is 0 Å². The molecule has 0 spiro atoms. The molecule has 3 rings (SSSR count). The second kappa shape index (κ2) is 7.44. The third-order valence-corrected chi connectivity index (χ3v) is 4.26. The van der Waals surface area contributed by atoms with E-state index < -0.39 is 0 Å². The molecule has 25 heavy (non-hydrogen) atoms. The summed E-state index contributed by atoms with van der Waals surface area (Å²) in [6.07, 6.45) is 1.91. The first kappa shape index (κ1) is 17.1. The average Bonchev–Trinajstić information content (AvgIpc) is 3.44. The fraction of sp³-hybridized carbons (Fsp3) is 0.211. The summed E-state index contributed by atoms with van der Waals surface area (Å²) in [6, 6.07) is 14.4. The van der Waals surface area contributed by atoms with Crippen molar-refractivity contribution < 1.29 is 9.59 Å². The first-order valence-corrected chi connectivity index (χ1v) is 8.53. The molecule has 0 bridgehead atoms. The number of rotatable bonds is 4.